The molecule has 1 aromatic heterocycles. The highest BCUT2D eigenvalue weighted by molar-refractivity contribution is 6.03. The number of benzene rings is 2. The van der Waals surface area contributed by atoms with Crippen LogP contribution in [0.4, 0.5) is 17.3 Å². The molecule has 3 aromatic rings. The van der Waals surface area contributed by atoms with Crippen molar-refractivity contribution in [3.63, 3.8) is 0 Å². The van der Waals surface area contributed by atoms with Crippen LogP contribution in [0.5, 0.6) is 0 Å². The van der Waals surface area contributed by atoms with E-state index in [1.54, 1.807) is 12.3 Å². The predicted molar refractivity (Wildman–Crippen MR) is 109 cm³/mol. The largest absolute Gasteiger partial charge is 0.378 e. The van der Waals surface area contributed by atoms with Gasteiger partial charge in [0.25, 0.3) is 5.91 Å². The molecule has 0 unspecified atom stereocenters. The van der Waals surface area contributed by atoms with Crippen LogP contribution in [0.25, 0.3) is 0 Å². The van der Waals surface area contributed by atoms with Gasteiger partial charge < -0.3 is 15.5 Å². The third-order valence-electron chi connectivity index (χ3n) is 4.06. The highest BCUT2D eigenvalue weighted by Gasteiger charge is 2.09. The minimum Gasteiger partial charge on any atom is -0.378 e. The van der Waals surface area contributed by atoms with Crippen molar-refractivity contribution in [2.24, 2.45) is 0 Å². The minimum atomic E-state index is -0.270. The molecule has 138 valence electrons. The number of amides is 1. The smallest absolute Gasteiger partial charge is 0.274 e. The van der Waals surface area contributed by atoms with Gasteiger partial charge in [-0.2, -0.15) is 0 Å². The van der Waals surface area contributed by atoms with Crippen LogP contribution in [0.3, 0.4) is 0 Å². The molecule has 0 spiro atoms. The summed E-state index contributed by atoms with van der Waals surface area (Å²) in [6.07, 6.45) is 1.58. The first-order valence-corrected chi connectivity index (χ1v) is 8.72. The summed E-state index contributed by atoms with van der Waals surface area (Å²) in [6.45, 7) is 2.65. The Bertz CT molecular complexity index is 922. The van der Waals surface area contributed by atoms with Gasteiger partial charge in [0.15, 0.2) is 0 Å². The van der Waals surface area contributed by atoms with Crippen LogP contribution in [0, 0.1) is 6.92 Å². The van der Waals surface area contributed by atoms with Crippen molar-refractivity contribution in [3.8, 4) is 0 Å². The molecule has 0 saturated heterocycles. The summed E-state index contributed by atoms with van der Waals surface area (Å²) in [6, 6.07) is 17.4. The van der Waals surface area contributed by atoms with E-state index in [9.17, 15) is 4.79 Å². The lowest BCUT2D eigenvalue weighted by Gasteiger charge is -2.13. The Hall–Kier alpha value is -3.41. The number of carbonyl (C=O) groups is 1. The molecule has 0 radical (unpaired) electrons. The first kappa shape index (κ1) is 18.4. The SMILES string of the molecule is Cc1cccc(CNc2nccc(C(=O)Nc3ccc(N(C)C)cc3)n2)c1. The average Bonchev–Trinajstić information content (AvgIpc) is 2.67. The Morgan fingerprint density at radius 1 is 1.07 bits per heavy atom. The van der Waals surface area contributed by atoms with E-state index in [-0.39, 0.29) is 5.91 Å². The number of nitrogens with zero attached hydrogens (tertiary/aromatic N) is 3. The van der Waals surface area contributed by atoms with Crippen molar-refractivity contribution in [1.29, 1.82) is 0 Å². The lowest BCUT2D eigenvalue weighted by atomic mass is 10.1. The predicted octanol–water partition coefficient (Wildman–Crippen LogP) is 3.72. The summed E-state index contributed by atoms with van der Waals surface area (Å²) in [4.78, 5) is 23.0. The standard InChI is InChI=1S/C21H23N5O/c1-15-5-4-6-16(13-15)14-23-21-22-12-11-19(25-21)20(27)24-17-7-9-18(10-8-17)26(2)3/h4-13H,14H2,1-3H3,(H,24,27)(H,22,23,25). The van der Waals surface area contributed by atoms with E-state index < -0.39 is 0 Å². The monoisotopic (exact) mass is 361 g/mol. The van der Waals surface area contributed by atoms with Gasteiger partial charge in [0, 0.05) is 38.2 Å². The molecule has 1 amide bonds. The van der Waals surface area contributed by atoms with Crippen molar-refractivity contribution >= 4 is 23.2 Å². The molecule has 0 atom stereocenters. The van der Waals surface area contributed by atoms with Crippen LogP contribution in [-0.2, 0) is 6.54 Å². The molecule has 6 nitrogen and oxygen atoms in total. The van der Waals surface area contributed by atoms with Gasteiger partial charge in [-0.1, -0.05) is 29.8 Å². The highest BCUT2D eigenvalue weighted by atomic mass is 16.1. The van der Waals surface area contributed by atoms with E-state index >= 15 is 0 Å². The van der Waals surface area contributed by atoms with Crippen molar-refractivity contribution in [2.45, 2.75) is 13.5 Å². The van der Waals surface area contributed by atoms with Crippen molar-refractivity contribution < 1.29 is 4.79 Å². The quantitative estimate of drug-likeness (QED) is 0.700. The Morgan fingerprint density at radius 2 is 1.85 bits per heavy atom. The summed E-state index contributed by atoms with van der Waals surface area (Å²) in [5, 5.41) is 6.02. The number of anilines is 3. The second-order valence-electron chi connectivity index (χ2n) is 6.50. The van der Waals surface area contributed by atoms with E-state index in [4.69, 9.17) is 0 Å². The van der Waals surface area contributed by atoms with Crippen LogP contribution >= 0.6 is 0 Å². The summed E-state index contributed by atoms with van der Waals surface area (Å²) < 4.78 is 0. The Kier molecular flexibility index (Phi) is 5.66. The Morgan fingerprint density at radius 3 is 2.56 bits per heavy atom. The summed E-state index contributed by atoms with van der Waals surface area (Å²) >= 11 is 0. The highest BCUT2D eigenvalue weighted by Crippen LogP contribution is 2.16. The molecule has 0 aliphatic carbocycles. The van der Waals surface area contributed by atoms with Crippen molar-refractivity contribution in [3.05, 3.63) is 77.6 Å². The number of hydrogen-bond acceptors (Lipinski definition) is 5. The van der Waals surface area contributed by atoms with E-state index in [1.807, 2.05) is 55.4 Å². The topological polar surface area (TPSA) is 70.2 Å². The first-order chi connectivity index (χ1) is 13.0. The second kappa shape index (κ2) is 8.31. The van der Waals surface area contributed by atoms with E-state index in [2.05, 4.69) is 39.7 Å². The minimum absolute atomic E-state index is 0.270. The maximum Gasteiger partial charge on any atom is 0.274 e. The molecule has 27 heavy (non-hydrogen) atoms. The van der Waals surface area contributed by atoms with E-state index in [0.717, 1.165) is 16.9 Å². The fraction of sp³-hybridized carbons (Fsp3) is 0.190. The van der Waals surface area contributed by atoms with Crippen LogP contribution in [0.15, 0.2) is 60.8 Å². The van der Waals surface area contributed by atoms with Gasteiger partial charge in [-0.15, -0.1) is 0 Å². The molecule has 3 rings (SSSR count). The first-order valence-electron chi connectivity index (χ1n) is 8.72. The summed E-state index contributed by atoms with van der Waals surface area (Å²) in [5.41, 5.74) is 4.43. The molecular weight excluding hydrogens is 338 g/mol. The van der Waals surface area contributed by atoms with Crippen LogP contribution in [0.1, 0.15) is 21.6 Å². The lowest BCUT2D eigenvalue weighted by molar-refractivity contribution is 0.102. The van der Waals surface area contributed by atoms with E-state index in [0.29, 0.717) is 18.2 Å². The average molecular weight is 361 g/mol. The maximum atomic E-state index is 12.5. The molecule has 6 heteroatoms. The number of rotatable bonds is 6. The van der Waals surface area contributed by atoms with Crippen molar-refractivity contribution in [1.82, 2.24) is 9.97 Å². The molecule has 0 aliphatic rings. The molecule has 0 aliphatic heterocycles. The molecule has 2 aromatic carbocycles. The maximum absolute atomic E-state index is 12.5. The zero-order chi connectivity index (χ0) is 19.2. The summed E-state index contributed by atoms with van der Waals surface area (Å²) in [7, 11) is 3.94. The number of carbonyl (C=O) groups excluding carboxylic acids is 1. The fourth-order valence-electron chi connectivity index (χ4n) is 2.61. The van der Waals surface area contributed by atoms with Gasteiger partial charge in [0.1, 0.15) is 5.69 Å². The van der Waals surface area contributed by atoms with Gasteiger partial charge in [-0.3, -0.25) is 4.79 Å². The van der Waals surface area contributed by atoms with E-state index in [1.165, 1.54) is 5.56 Å². The van der Waals surface area contributed by atoms with Gasteiger partial charge in [-0.25, -0.2) is 9.97 Å². The van der Waals surface area contributed by atoms with Gasteiger partial charge >= 0.3 is 0 Å². The number of aromatic nitrogens is 2. The number of hydrogen-bond donors (Lipinski definition) is 2. The van der Waals surface area contributed by atoms with Gasteiger partial charge in [0.2, 0.25) is 5.95 Å². The molecule has 0 saturated carbocycles. The van der Waals surface area contributed by atoms with Gasteiger partial charge in [-0.05, 0) is 42.8 Å². The number of nitrogens with one attached hydrogen (secondary N) is 2. The lowest BCUT2D eigenvalue weighted by Crippen LogP contribution is -2.15. The van der Waals surface area contributed by atoms with Crippen molar-refractivity contribution in [2.75, 3.05) is 29.6 Å². The zero-order valence-electron chi connectivity index (χ0n) is 15.7. The van der Waals surface area contributed by atoms with Crippen LogP contribution < -0.4 is 15.5 Å². The third-order valence-corrected chi connectivity index (χ3v) is 4.06. The Labute approximate surface area is 159 Å². The third kappa shape index (κ3) is 5.04. The van der Waals surface area contributed by atoms with Crippen LogP contribution in [0.2, 0.25) is 0 Å². The second-order valence-corrected chi connectivity index (χ2v) is 6.50. The normalized spacial score (nSPS) is 10.3. The zero-order valence-corrected chi connectivity index (χ0v) is 15.7. The molecule has 1 heterocycles. The fourth-order valence-corrected chi connectivity index (χ4v) is 2.61. The molecule has 0 bridgehead atoms. The van der Waals surface area contributed by atoms with Crippen LogP contribution in [-0.4, -0.2) is 30.0 Å². The van der Waals surface area contributed by atoms with Gasteiger partial charge in [0.05, 0.1) is 0 Å². The number of aryl methyl sites for hydroxylation is 1. The molecule has 0 fully saturated rings. The molecule has 2 N–H and O–H groups in total. The Balaban J connectivity index is 1.64. The molecular formula is C21H23N5O. The summed E-state index contributed by atoms with van der Waals surface area (Å²) in [5.74, 6) is 0.153.